The van der Waals surface area contributed by atoms with E-state index in [4.69, 9.17) is 16.7 Å². The average Bonchev–Trinajstić information content (AvgIpc) is 1.56. The standard InChI is InChI=1S/C5H6ClNO3/c6-4(8)3-1-2-7(3)5(9)10/h3H,1-2H2,(H,9,10). The van der Waals surface area contributed by atoms with Gasteiger partial charge >= 0.3 is 6.09 Å². The molecule has 1 heterocycles. The summed E-state index contributed by atoms with van der Waals surface area (Å²) in [6, 6.07) is -0.598. The molecule has 1 aliphatic heterocycles. The first-order chi connectivity index (χ1) is 4.63. The van der Waals surface area contributed by atoms with E-state index in [-0.39, 0.29) is 0 Å². The number of carbonyl (C=O) groups excluding carboxylic acids is 1. The van der Waals surface area contributed by atoms with Gasteiger partial charge in [-0.2, -0.15) is 0 Å². The van der Waals surface area contributed by atoms with E-state index in [9.17, 15) is 9.59 Å². The van der Waals surface area contributed by atoms with Gasteiger partial charge in [0.25, 0.3) is 0 Å². The van der Waals surface area contributed by atoms with Crippen LogP contribution in [0.4, 0.5) is 4.79 Å². The Hall–Kier alpha value is -0.770. The van der Waals surface area contributed by atoms with Gasteiger partial charge in [-0.05, 0) is 18.0 Å². The predicted molar refractivity (Wildman–Crippen MR) is 34.0 cm³/mol. The van der Waals surface area contributed by atoms with Crippen LogP contribution in [0.3, 0.4) is 0 Å². The van der Waals surface area contributed by atoms with Crippen LogP contribution in [-0.2, 0) is 4.79 Å². The molecule has 56 valence electrons. The third-order valence-corrected chi connectivity index (χ3v) is 1.78. The molecule has 4 nitrogen and oxygen atoms in total. The van der Waals surface area contributed by atoms with Gasteiger partial charge in [0.05, 0.1) is 0 Å². The lowest BCUT2D eigenvalue weighted by molar-refractivity contribution is -0.119. The van der Waals surface area contributed by atoms with Crippen molar-refractivity contribution in [1.82, 2.24) is 4.90 Å². The SMILES string of the molecule is O=C(Cl)C1CCN1C(=O)O. The minimum absolute atomic E-state index is 0.415. The van der Waals surface area contributed by atoms with Gasteiger partial charge < -0.3 is 5.11 Å². The van der Waals surface area contributed by atoms with E-state index >= 15 is 0 Å². The summed E-state index contributed by atoms with van der Waals surface area (Å²) in [5.74, 6) is 0. The molecular weight excluding hydrogens is 158 g/mol. The van der Waals surface area contributed by atoms with Crippen molar-refractivity contribution in [3.8, 4) is 0 Å². The lowest BCUT2D eigenvalue weighted by Crippen LogP contribution is -2.53. The molecular formula is C5H6ClNO3. The first-order valence-electron chi connectivity index (χ1n) is 2.82. The van der Waals surface area contributed by atoms with Crippen LogP contribution < -0.4 is 0 Å². The van der Waals surface area contributed by atoms with Gasteiger partial charge in [-0.15, -0.1) is 0 Å². The highest BCUT2D eigenvalue weighted by Gasteiger charge is 2.36. The Morgan fingerprint density at radius 2 is 2.20 bits per heavy atom. The van der Waals surface area contributed by atoms with Crippen LogP contribution in [-0.4, -0.2) is 33.9 Å². The molecule has 1 unspecified atom stereocenters. The fourth-order valence-electron chi connectivity index (χ4n) is 0.852. The third-order valence-electron chi connectivity index (χ3n) is 1.53. The molecule has 0 aromatic heterocycles. The van der Waals surface area contributed by atoms with Crippen LogP contribution in [0, 0.1) is 0 Å². The zero-order valence-corrected chi connectivity index (χ0v) is 5.84. The lowest BCUT2D eigenvalue weighted by atomic mass is 10.1. The number of likely N-dealkylation sites (tertiary alicyclic amines) is 1. The van der Waals surface area contributed by atoms with Gasteiger partial charge in [0.1, 0.15) is 6.04 Å². The van der Waals surface area contributed by atoms with Gasteiger partial charge in [-0.1, -0.05) is 0 Å². The van der Waals surface area contributed by atoms with E-state index in [1.54, 1.807) is 0 Å². The number of carbonyl (C=O) groups is 2. The highest BCUT2D eigenvalue weighted by atomic mass is 35.5. The van der Waals surface area contributed by atoms with Crippen LogP contribution in [0.5, 0.6) is 0 Å². The molecule has 0 spiro atoms. The predicted octanol–water partition coefficient (Wildman–Crippen LogP) is 0.504. The maximum absolute atomic E-state index is 10.4. The summed E-state index contributed by atoms with van der Waals surface area (Å²) in [6.45, 7) is 0.415. The fourth-order valence-corrected chi connectivity index (χ4v) is 1.08. The van der Waals surface area contributed by atoms with Crippen LogP contribution in [0.15, 0.2) is 0 Å². The Labute approximate surface area is 62.4 Å². The van der Waals surface area contributed by atoms with Crippen molar-refractivity contribution in [1.29, 1.82) is 0 Å². The number of carboxylic acid groups (broad SMARTS) is 1. The topological polar surface area (TPSA) is 57.6 Å². The Morgan fingerprint density at radius 1 is 1.60 bits per heavy atom. The maximum atomic E-state index is 10.4. The minimum atomic E-state index is -1.08. The second-order valence-electron chi connectivity index (χ2n) is 2.08. The van der Waals surface area contributed by atoms with Crippen LogP contribution in [0.2, 0.25) is 0 Å². The van der Waals surface area contributed by atoms with Crippen molar-refractivity contribution in [3.05, 3.63) is 0 Å². The molecule has 0 aromatic rings. The summed E-state index contributed by atoms with van der Waals surface area (Å²) in [4.78, 5) is 21.6. The Morgan fingerprint density at radius 3 is 2.30 bits per heavy atom. The molecule has 1 fully saturated rings. The smallest absolute Gasteiger partial charge is 0.407 e. The monoisotopic (exact) mass is 163 g/mol. The minimum Gasteiger partial charge on any atom is -0.465 e. The van der Waals surface area contributed by atoms with Crippen molar-refractivity contribution < 1.29 is 14.7 Å². The van der Waals surface area contributed by atoms with E-state index in [2.05, 4.69) is 0 Å². The van der Waals surface area contributed by atoms with Crippen LogP contribution >= 0.6 is 11.6 Å². The molecule has 10 heavy (non-hydrogen) atoms. The van der Waals surface area contributed by atoms with E-state index in [0.717, 1.165) is 4.90 Å². The lowest BCUT2D eigenvalue weighted by Gasteiger charge is -2.35. The summed E-state index contributed by atoms with van der Waals surface area (Å²) in [7, 11) is 0. The Balaban J connectivity index is 2.51. The Bertz CT molecular complexity index is 162. The van der Waals surface area contributed by atoms with Crippen LogP contribution in [0.1, 0.15) is 6.42 Å². The number of hydrogen-bond donors (Lipinski definition) is 1. The molecule has 5 heteroatoms. The van der Waals surface area contributed by atoms with E-state index in [0.29, 0.717) is 13.0 Å². The van der Waals surface area contributed by atoms with Gasteiger partial charge in [-0.3, -0.25) is 9.69 Å². The fraction of sp³-hybridized carbons (Fsp3) is 0.600. The van der Waals surface area contributed by atoms with Crippen molar-refractivity contribution in [3.63, 3.8) is 0 Å². The largest absolute Gasteiger partial charge is 0.465 e. The first kappa shape index (κ1) is 7.34. The quantitative estimate of drug-likeness (QED) is 0.573. The van der Waals surface area contributed by atoms with Gasteiger partial charge in [-0.25, -0.2) is 4.79 Å². The number of halogens is 1. The molecule has 0 aromatic carbocycles. The average molecular weight is 164 g/mol. The van der Waals surface area contributed by atoms with Gasteiger partial charge in [0.2, 0.25) is 5.24 Å². The number of hydrogen-bond acceptors (Lipinski definition) is 2. The number of amides is 1. The van der Waals surface area contributed by atoms with E-state index < -0.39 is 17.4 Å². The molecule has 1 N–H and O–H groups in total. The van der Waals surface area contributed by atoms with E-state index in [1.165, 1.54) is 0 Å². The zero-order chi connectivity index (χ0) is 7.72. The summed E-state index contributed by atoms with van der Waals surface area (Å²) in [5.41, 5.74) is 0. The molecule has 0 aliphatic carbocycles. The highest BCUT2D eigenvalue weighted by molar-refractivity contribution is 6.65. The van der Waals surface area contributed by atoms with Crippen LogP contribution in [0.25, 0.3) is 0 Å². The molecule has 1 rings (SSSR count). The summed E-state index contributed by atoms with van der Waals surface area (Å²) < 4.78 is 0. The highest BCUT2D eigenvalue weighted by Crippen LogP contribution is 2.18. The normalized spacial score (nSPS) is 23.7. The van der Waals surface area contributed by atoms with Crippen molar-refractivity contribution >= 4 is 22.9 Å². The molecule has 1 amide bonds. The van der Waals surface area contributed by atoms with Crippen molar-refractivity contribution in [2.45, 2.75) is 12.5 Å². The molecule has 0 bridgehead atoms. The second kappa shape index (κ2) is 2.46. The van der Waals surface area contributed by atoms with Gasteiger partial charge in [0.15, 0.2) is 0 Å². The molecule has 1 saturated heterocycles. The summed E-state index contributed by atoms with van der Waals surface area (Å²) >= 11 is 5.07. The van der Waals surface area contributed by atoms with E-state index in [1.807, 2.05) is 0 Å². The summed E-state index contributed by atoms with van der Waals surface area (Å²) in [6.07, 6.45) is -0.528. The third kappa shape index (κ3) is 1.07. The molecule has 1 atom stereocenters. The molecule has 0 saturated carbocycles. The molecule has 0 radical (unpaired) electrons. The first-order valence-corrected chi connectivity index (χ1v) is 3.19. The maximum Gasteiger partial charge on any atom is 0.407 e. The number of nitrogens with zero attached hydrogens (tertiary/aromatic N) is 1. The van der Waals surface area contributed by atoms with Crippen molar-refractivity contribution in [2.75, 3.05) is 6.54 Å². The zero-order valence-electron chi connectivity index (χ0n) is 5.08. The summed E-state index contributed by atoms with van der Waals surface area (Å²) in [5, 5.41) is 7.78. The van der Waals surface area contributed by atoms with Gasteiger partial charge in [0, 0.05) is 6.54 Å². The second-order valence-corrected chi connectivity index (χ2v) is 2.46. The Kier molecular flexibility index (Phi) is 1.80. The van der Waals surface area contributed by atoms with Crippen molar-refractivity contribution in [2.24, 2.45) is 0 Å². The number of rotatable bonds is 1. The molecule has 1 aliphatic rings.